The summed E-state index contributed by atoms with van der Waals surface area (Å²) < 4.78 is 11.3. The van der Waals surface area contributed by atoms with Gasteiger partial charge in [-0.15, -0.1) is 0 Å². The van der Waals surface area contributed by atoms with Crippen LogP contribution in [0.4, 0.5) is 0 Å². The van der Waals surface area contributed by atoms with Gasteiger partial charge in [0.2, 0.25) is 0 Å². The molecule has 1 aromatic heterocycles. The lowest BCUT2D eigenvalue weighted by atomic mass is 9.86. The van der Waals surface area contributed by atoms with Crippen molar-refractivity contribution in [2.45, 2.75) is 52.2 Å². The van der Waals surface area contributed by atoms with Gasteiger partial charge in [-0.1, -0.05) is 36.6 Å². The average molecular weight is 326 g/mol. The van der Waals surface area contributed by atoms with Gasteiger partial charge in [-0.25, -0.2) is 0 Å². The summed E-state index contributed by atoms with van der Waals surface area (Å²) in [5.74, 6) is 1.78. The fourth-order valence-corrected chi connectivity index (χ4v) is 3.70. The van der Waals surface area contributed by atoms with Crippen LogP contribution in [0.25, 0.3) is 11.3 Å². The van der Waals surface area contributed by atoms with Crippen molar-refractivity contribution in [1.29, 1.82) is 0 Å². The lowest BCUT2D eigenvalue weighted by Crippen LogP contribution is -2.41. The van der Waals surface area contributed by atoms with Gasteiger partial charge < -0.3 is 14.6 Å². The van der Waals surface area contributed by atoms with Crippen molar-refractivity contribution in [3.63, 3.8) is 0 Å². The topological polar surface area (TPSA) is 64.4 Å². The van der Waals surface area contributed by atoms with E-state index in [1.807, 2.05) is 25.1 Å². The Kier molecular flexibility index (Phi) is 3.79. The van der Waals surface area contributed by atoms with Crippen LogP contribution in [0.5, 0.6) is 5.75 Å². The number of carbonyl (C=O) groups excluding carboxylic acids is 1. The molecule has 1 amide bonds. The number of amides is 1. The molecule has 0 unspecified atom stereocenters. The van der Waals surface area contributed by atoms with Crippen LogP contribution in [-0.2, 0) is 6.61 Å². The van der Waals surface area contributed by atoms with Crippen LogP contribution in [0.3, 0.4) is 0 Å². The van der Waals surface area contributed by atoms with Gasteiger partial charge in [0.15, 0.2) is 11.5 Å². The molecule has 1 aliphatic carbocycles. The van der Waals surface area contributed by atoms with Gasteiger partial charge >= 0.3 is 0 Å². The second-order valence-electron chi connectivity index (χ2n) is 6.97. The molecule has 0 spiro atoms. The molecule has 0 bridgehead atoms. The zero-order valence-electron chi connectivity index (χ0n) is 14.1. The van der Waals surface area contributed by atoms with Crippen LogP contribution in [0.15, 0.2) is 22.7 Å². The third kappa shape index (κ3) is 2.58. The van der Waals surface area contributed by atoms with Crippen LogP contribution in [0.1, 0.15) is 54.2 Å². The van der Waals surface area contributed by atoms with Crippen LogP contribution >= 0.6 is 0 Å². The molecule has 1 saturated carbocycles. The molecule has 2 aliphatic rings. The Bertz CT molecular complexity index is 781. The first-order chi connectivity index (χ1) is 11.6. The van der Waals surface area contributed by atoms with E-state index in [1.165, 1.54) is 12.8 Å². The summed E-state index contributed by atoms with van der Waals surface area (Å²) in [6.45, 7) is 4.53. The lowest BCUT2D eigenvalue weighted by Gasteiger charge is -2.29. The Hall–Kier alpha value is -2.30. The fraction of sp³-hybridized carbons (Fsp3) is 0.474. The number of hydrogen-bond acceptors (Lipinski definition) is 4. The minimum Gasteiger partial charge on any atom is -0.488 e. The summed E-state index contributed by atoms with van der Waals surface area (Å²) in [6.07, 6.45) is 4.61. The summed E-state index contributed by atoms with van der Waals surface area (Å²) >= 11 is 0. The van der Waals surface area contributed by atoms with Crippen LogP contribution in [0.2, 0.25) is 0 Å². The minimum absolute atomic E-state index is 0.154. The van der Waals surface area contributed by atoms with Gasteiger partial charge in [0.05, 0.1) is 11.1 Å². The maximum absolute atomic E-state index is 12.7. The van der Waals surface area contributed by atoms with Gasteiger partial charge in [-0.2, -0.15) is 0 Å². The Morgan fingerprint density at radius 3 is 2.96 bits per heavy atom. The molecule has 2 heterocycles. The van der Waals surface area contributed by atoms with E-state index in [0.29, 0.717) is 24.0 Å². The van der Waals surface area contributed by atoms with Crippen molar-refractivity contribution in [1.82, 2.24) is 10.5 Å². The number of rotatable bonds is 2. The number of nitrogens with one attached hydrogen (secondary N) is 1. The average Bonchev–Trinajstić information content (AvgIpc) is 3.01. The SMILES string of the molecule is Cc1ccc2c(c1)-c1onc(C(=O)N[C@H]3CCCC[C@@H]3C)c1CO2. The Labute approximate surface area is 141 Å². The van der Waals surface area contributed by atoms with E-state index >= 15 is 0 Å². The number of fused-ring (bicyclic) bond motifs is 3. The van der Waals surface area contributed by atoms with E-state index < -0.39 is 0 Å². The normalized spacial score (nSPS) is 22.2. The highest BCUT2D eigenvalue weighted by atomic mass is 16.5. The number of benzene rings is 1. The molecule has 24 heavy (non-hydrogen) atoms. The minimum atomic E-state index is -0.154. The first-order valence-corrected chi connectivity index (χ1v) is 8.66. The van der Waals surface area contributed by atoms with Gasteiger partial charge in [0.25, 0.3) is 5.91 Å². The highest BCUT2D eigenvalue weighted by molar-refractivity contribution is 5.95. The molecular formula is C19H22N2O3. The van der Waals surface area contributed by atoms with Crippen molar-refractivity contribution in [3.8, 4) is 17.1 Å². The Morgan fingerprint density at radius 2 is 2.12 bits per heavy atom. The molecule has 1 N–H and O–H groups in total. The zero-order valence-corrected chi connectivity index (χ0v) is 14.1. The van der Waals surface area contributed by atoms with Crippen molar-refractivity contribution >= 4 is 5.91 Å². The number of nitrogens with zero attached hydrogens (tertiary/aromatic N) is 1. The second-order valence-corrected chi connectivity index (χ2v) is 6.97. The molecule has 5 nitrogen and oxygen atoms in total. The Morgan fingerprint density at radius 1 is 1.29 bits per heavy atom. The van der Waals surface area contributed by atoms with Crippen LogP contribution in [0, 0.1) is 12.8 Å². The molecule has 1 fully saturated rings. The lowest BCUT2D eigenvalue weighted by molar-refractivity contribution is 0.0899. The molecule has 126 valence electrons. The fourth-order valence-electron chi connectivity index (χ4n) is 3.70. The first kappa shape index (κ1) is 15.2. The van der Waals surface area contributed by atoms with Gasteiger partial charge in [0, 0.05) is 6.04 Å². The first-order valence-electron chi connectivity index (χ1n) is 8.66. The number of ether oxygens (including phenoxy) is 1. The summed E-state index contributed by atoms with van der Waals surface area (Å²) in [4.78, 5) is 12.7. The molecule has 4 rings (SSSR count). The monoisotopic (exact) mass is 326 g/mol. The zero-order chi connectivity index (χ0) is 16.7. The standard InChI is InChI=1S/C19H22N2O3/c1-11-7-8-16-13(9-11)18-14(10-23-16)17(21-24-18)19(22)20-15-6-4-3-5-12(15)2/h7-9,12,15H,3-6,10H2,1-2H3,(H,20,22)/t12-,15-/m0/s1. The van der Waals surface area contributed by atoms with Crippen molar-refractivity contribution < 1.29 is 14.1 Å². The quantitative estimate of drug-likeness (QED) is 0.910. The maximum atomic E-state index is 12.7. The third-order valence-corrected chi connectivity index (χ3v) is 5.18. The molecule has 0 radical (unpaired) electrons. The van der Waals surface area contributed by atoms with Crippen LogP contribution < -0.4 is 10.1 Å². The highest BCUT2D eigenvalue weighted by Crippen LogP contribution is 2.39. The third-order valence-electron chi connectivity index (χ3n) is 5.18. The number of carbonyl (C=O) groups is 1. The van der Waals surface area contributed by atoms with Gasteiger partial charge in [-0.3, -0.25) is 4.79 Å². The molecule has 1 aliphatic heterocycles. The van der Waals surface area contributed by atoms with Crippen molar-refractivity contribution in [2.75, 3.05) is 0 Å². The molecule has 5 heteroatoms. The van der Waals surface area contributed by atoms with Gasteiger partial charge in [0.1, 0.15) is 12.4 Å². The van der Waals surface area contributed by atoms with Crippen molar-refractivity contribution in [3.05, 3.63) is 35.0 Å². The molecule has 2 aromatic rings. The van der Waals surface area contributed by atoms with E-state index in [9.17, 15) is 4.79 Å². The summed E-state index contributed by atoms with van der Waals surface area (Å²) in [5, 5.41) is 7.19. The molecule has 2 atom stereocenters. The predicted octanol–water partition coefficient (Wildman–Crippen LogP) is 3.85. The summed E-state index contributed by atoms with van der Waals surface area (Å²) in [7, 11) is 0. The molecular weight excluding hydrogens is 304 g/mol. The summed E-state index contributed by atoms with van der Waals surface area (Å²) in [5.41, 5.74) is 3.08. The predicted molar refractivity (Wildman–Crippen MR) is 89.9 cm³/mol. The number of aromatic nitrogens is 1. The Balaban J connectivity index is 1.61. The van der Waals surface area contributed by atoms with E-state index in [1.54, 1.807) is 0 Å². The van der Waals surface area contributed by atoms with Crippen molar-refractivity contribution in [2.24, 2.45) is 5.92 Å². The number of hydrogen-bond donors (Lipinski definition) is 1. The molecule has 0 saturated heterocycles. The second kappa shape index (κ2) is 5.96. The van der Waals surface area contributed by atoms with E-state index in [0.717, 1.165) is 35.3 Å². The van der Waals surface area contributed by atoms with Gasteiger partial charge in [-0.05, 0) is 37.8 Å². The number of aryl methyl sites for hydroxylation is 1. The van der Waals surface area contributed by atoms with E-state index in [4.69, 9.17) is 9.26 Å². The molecule has 1 aromatic carbocycles. The van der Waals surface area contributed by atoms with Crippen LogP contribution in [-0.4, -0.2) is 17.1 Å². The van der Waals surface area contributed by atoms with E-state index in [-0.39, 0.29) is 11.9 Å². The smallest absolute Gasteiger partial charge is 0.274 e. The van der Waals surface area contributed by atoms with E-state index in [2.05, 4.69) is 17.4 Å². The largest absolute Gasteiger partial charge is 0.488 e. The maximum Gasteiger partial charge on any atom is 0.274 e. The summed E-state index contributed by atoms with van der Waals surface area (Å²) in [6, 6.07) is 6.15. The highest BCUT2D eigenvalue weighted by Gasteiger charge is 2.31.